The lowest BCUT2D eigenvalue weighted by atomic mass is 10.1. The van der Waals surface area contributed by atoms with Crippen LogP contribution in [-0.2, 0) is 4.79 Å². The number of nitrogens with zero attached hydrogens (tertiary/aromatic N) is 1. The monoisotopic (exact) mass is 358 g/mol. The summed E-state index contributed by atoms with van der Waals surface area (Å²) >= 11 is 0. The fourth-order valence-electron chi connectivity index (χ4n) is 2.11. The Labute approximate surface area is 149 Å². The zero-order valence-electron chi connectivity index (χ0n) is 14.4. The summed E-state index contributed by atoms with van der Waals surface area (Å²) in [6.45, 7) is 1.44. The number of methoxy groups -OCH3 is 1. The van der Waals surface area contributed by atoms with E-state index in [0.717, 1.165) is 0 Å². The Morgan fingerprint density at radius 3 is 2.38 bits per heavy atom. The van der Waals surface area contributed by atoms with Gasteiger partial charge in [0.15, 0.2) is 23.9 Å². The van der Waals surface area contributed by atoms with E-state index in [0.29, 0.717) is 23.4 Å². The Morgan fingerprint density at radius 2 is 1.81 bits per heavy atom. The first-order chi connectivity index (χ1) is 12.4. The van der Waals surface area contributed by atoms with Crippen LogP contribution in [0.4, 0.5) is 11.4 Å². The number of carbonyl (C=O) groups is 2. The number of anilines is 1. The normalized spacial score (nSPS) is 10.1. The van der Waals surface area contributed by atoms with Crippen LogP contribution < -0.4 is 14.8 Å². The standard InChI is InChI=1S/C18H18N2O6/c1-3-18(22)19-13-6-4-12(5-7-13)15(21)11-26-17-10-14(20(23)24)8-9-16(17)25-2/h4-10H,3,11H2,1-2H3,(H,19,22). The summed E-state index contributed by atoms with van der Waals surface area (Å²) in [7, 11) is 1.40. The van der Waals surface area contributed by atoms with Crippen molar-refractivity contribution in [2.45, 2.75) is 13.3 Å². The van der Waals surface area contributed by atoms with Crippen LogP contribution in [0, 0.1) is 10.1 Å². The van der Waals surface area contributed by atoms with Gasteiger partial charge in [-0.15, -0.1) is 0 Å². The van der Waals surface area contributed by atoms with E-state index >= 15 is 0 Å². The molecule has 1 N–H and O–H groups in total. The van der Waals surface area contributed by atoms with Crippen LogP contribution in [0.2, 0.25) is 0 Å². The first-order valence-electron chi connectivity index (χ1n) is 7.83. The zero-order valence-corrected chi connectivity index (χ0v) is 14.4. The number of ether oxygens (including phenoxy) is 2. The minimum absolute atomic E-state index is 0.113. The van der Waals surface area contributed by atoms with E-state index in [4.69, 9.17) is 9.47 Å². The van der Waals surface area contributed by atoms with Gasteiger partial charge in [0, 0.05) is 23.7 Å². The molecule has 2 aromatic carbocycles. The Balaban J connectivity index is 2.05. The summed E-state index contributed by atoms with van der Waals surface area (Å²) in [5.41, 5.74) is 0.822. The van der Waals surface area contributed by atoms with Gasteiger partial charge in [-0.25, -0.2) is 0 Å². The number of nitro groups is 1. The smallest absolute Gasteiger partial charge is 0.273 e. The SMILES string of the molecule is CCC(=O)Nc1ccc(C(=O)COc2cc([N+](=O)[O-])ccc2OC)cc1. The molecule has 0 aliphatic heterocycles. The quantitative estimate of drug-likeness (QED) is 0.441. The number of carbonyl (C=O) groups excluding carboxylic acids is 2. The van der Waals surface area contributed by atoms with E-state index < -0.39 is 4.92 Å². The van der Waals surface area contributed by atoms with Crippen molar-refractivity contribution < 1.29 is 24.0 Å². The average molecular weight is 358 g/mol. The maximum Gasteiger partial charge on any atom is 0.273 e. The van der Waals surface area contributed by atoms with Gasteiger partial charge in [-0.1, -0.05) is 6.92 Å². The molecule has 0 aromatic heterocycles. The number of amides is 1. The second-order valence-electron chi connectivity index (χ2n) is 5.28. The molecule has 1 amide bonds. The van der Waals surface area contributed by atoms with E-state index in [1.807, 2.05) is 0 Å². The predicted octanol–water partition coefficient (Wildman–Crippen LogP) is 3.21. The number of ketones is 1. The number of benzene rings is 2. The molecule has 2 aromatic rings. The van der Waals surface area contributed by atoms with Crippen molar-refractivity contribution in [2.24, 2.45) is 0 Å². The fourth-order valence-corrected chi connectivity index (χ4v) is 2.11. The molecule has 136 valence electrons. The third-order valence-electron chi connectivity index (χ3n) is 3.53. The number of nitro benzene ring substituents is 1. The maximum atomic E-state index is 12.2. The molecule has 8 heteroatoms. The van der Waals surface area contributed by atoms with Gasteiger partial charge in [0.25, 0.3) is 5.69 Å². The number of nitrogens with one attached hydrogen (secondary N) is 1. The summed E-state index contributed by atoms with van der Waals surface area (Å²) in [4.78, 5) is 33.9. The molecule has 0 fully saturated rings. The highest BCUT2D eigenvalue weighted by molar-refractivity contribution is 5.98. The van der Waals surface area contributed by atoms with E-state index in [9.17, 15) is 19.7 Å². The molecule has 0 bridgehead atoms. The van der Waals surface area contributed by atoms with Crippen molar-refractivity contribution in [1.29, 1.82) is 0 Å². The molecule has 0 heterocycles. The highest BCUT2D eigenvalue weighted by atomic mass is 16.6. The topological polar surface area (TPSA) is 108 Å². The van der Waals surface area contributed by atoms with Crippen molar-refractivity contribution in [3.05, 3.63) is 58.1 Å². The van der Waals surface area contributed by atoms with Gasteiger partial charge >= 0.3 is 0 Å². The summed E-state index contributed by atoms with van der Waals surface area (Å²) < 4.78 is 10.5. The molecular formula is C18H18N2O6. The van der Waals surface area contributed by atoms with E-state index in [1.54, 1.807) is 31.2 Å². The predicted molar refractivity (Wildman–Crippen MR) is 94.8 cm³/mol. The van der Waals surface area contributed by atoms with Crippen LogP contribution in [0.15, 0.2) is 42.5 Å². The van der Waals surface area contributed by atoms with Crippen molar-refractivity contribution in [2.75, 3.05) is 19.0 Å². The van der Waals surface area contributed by atoms with Gasteiger partial charge in [-0.05, 0) is 30.3 Å². The van der Waals surface area contributed by atoms with Crippen molar-refractivity contribution in [1.82, 2.24) is 0 Å². The van der Waals surface area contributed by atoms with Crippen LogP contribution in [0.25, 0.3) is 0 Å². The summed E-state index contributed by atoms with van der Waals surface area (Å²) in [6, 6.07) is 10.3. The molecule has 8 nitrogen and oxygen atoms in total. The average Bonchev–Trinajstić information content (AvgIpc) is 2.66. The van der Waals surface area contributed by atoms with E-state index in [2.05, 4.69) is 5.32 Å². The molecule has 0 unspecified atom stereocenters. The lowest BCUT2D eigenvalue weighted by molar-refractivity contribution is -0.385. The third-order valence-corrected chi connectivity index (χ3v) is 3.53. The van der Waals surface area contributed by atoms with Gasteiger partial charge < -0.3 is 14.8 Å². The highest BCUT2D eigenvalue weighted by Crippen LogP contribution is 2.31. The van der Waals surface area contributed by atoms with Crippen molar-refractivity contribution in [3.8, 4) is 11.5 Å². The van der Waals surface area contributed by atoms with Crippen LogP contribution in [0.3, 0.4) is 0 Å². The zero-order chi connectivity index (χ0) is 19.1. The summed E-state index contributed by atoms with van der Waals surface area (Å²) in [5, 5.41) is 13.5. The first-order valence-corrected chi connectivity index (χ1v) is 7.83. The molecule has 0 atom stereocenters. The first kappa shape index (κ1) is 18.9. The van der Waals surface area contributed by atoms with Gasteiger partial charge in [0.2, 0.25) is 5.91 Å². The lowest BCUT2D eigenvalue weighted by Gasteiger charge is -2.10. The Bertz CT molecular complexity index is 817. The number of non-ortho nitro benzene ring substituents is 1. The number of rotatable bonds is 8. The van der Waals surface area contributed by atoms with Crippen LogP contribution in [0.5, 0.6) is 11.5 Å². The van der Waals surface area contributed by atoms with Crippen molar-refractivity contribution >= 4 is 23.1 Å². The summed E-state index contributed by atoms with van der Waals surface area (Å²) in [6.07, 6.45) is 0.361. The molecular weight excluding hydrogens is 340 g/mol. The number of hydrogen-bond acceptors (Lipinski definition) is 6. The number of hydrogen-bond donors (Lipinski definition) is 1. The molecule has 0 saturated carbocycles. The van der Waals surface area contributed by atoms with Crippen molar-refractivity contribution in [3.63, 3.8) is 0 Å². The van der Waals surface area contributed by atoms with Gasteiger partial charge in [0.1, 0.15) is 0 Å². The van der Waals surface area contributed by atoms with E-state index in [-0.39, 0.29) is 29.7 Å². The number of Topliss-reactive ketones (excluding diaryl/α,β-unsaturated/α-hetero) is 1. The van der Waals surface area contributed by atoms with Crippen LogP contribution in [0.1, 0.15) is 23.7 Å². The minimum atomic E-state index is -0.558. The lowest BCUT2D eigenvalue weighted by Crippen LogP contribution is -2.13. The summed E-state index contributed by atoms with van der Waals surface area (Å²) in [5.74, 6) is -0.0278. The van der Waals surface area contributed by atoms with Crippen LogP contribution in [-0.4, -0.2) is 30.3 Å². The van der Waals surface area contributed by atoms with Gasteiger partial charge in [0.05, 0.1) is 18.1 Å². The van der Waals surface area contributed by atoms with E-state index in [1.165, 1.54) is 25.3 Å². The second-order valence-corrected chi connectivity index (χ2v) is 5.28. The molecule has 26 heavy (non-hydrogen) atoms. The largest absolute Gasteiger partial charge is 0.493 e. The molecule has 0 aliphatic rings. The van der Waals surface area contributed by atoms with Gasteiger partial charge in [-0.3, -0.25) is 19.7 Å². The molecule has 0 aliphatic carbocycles. The Hall–Kier alpha value is -3.42. The molecule has 0 spiro atoms. The van der Waals surface area contributed by atoms with Crippen LogP contribution >= 0.6 is 0 Å². The van der Waals surface area contributed by atoms with Gasteiger partial charge in [-0.2, -0.15) is 0 Å². The third kappa shape index (κ3) is 4.79. The molecule has 0 radical (unpaired) electrons. The maximum absolute atomic E-state index is 12.2. The second kappa shape index (κ2) is 8.61. The fraction of sp³-hybridized carbons (Fsp3) is 0.222. The minimum Gasteiger partial charge on any atom is -0.493 e. The highest BCUT2D eigenvalue weighted by Gasteiger charge is 2.14. The Kier molecular flexibility index (Phi) is 6.26. The molecule has 2 rings (SSSR count). The Morgan fingerprint density at radius 1 is 1.12 bits per heavy atom. The molecule has 0 saturated heterocycles.